The first kappa shape index (κ1) is 26.9. The predicted molar refractivity (Wildman–Crippen MR) is 149 cm³/mol. The predicted octanol–water partition coefficient (Wildman–Crippen LogP) is 5.10. The molecule has 3 aromatic rings. The lowest BCUT2D eigenvalue weighted by Crippen LogP contribution is -2.48. The smallest absolute Gasteiger partial charge is 0.255 e. The van der Waals surface area contributed by atoms with Gasteiger partial charge in [-0.1, -0.05) is 13.0 Å². The number of anilines is 2. The molecule has 4 rings (SSSR count). The zero-order chi connectivity index (χ0) is 27.1. The number of ether oxygens (including phenoxy) is 3. The van der Waals surface area contributed by atoms with Crippen LogP contribution in [-0.4, -0.2) is 63.2 Å². The quantitative estimate of drug-likeness (QED) is 0.426. The maximum Gasteiger partial charge on any atom is 0.255 e. The van der Waals surface area contributed by atoms with Crippen LogP contribution in [0.25, 0.3) is 0 Å². The normalized spacial score (nSPS) is 14.0. The Kier molecular flexibility index (Phi) is 8.73. The molecule has 0 aromatic heterocycles. The zero-order valence-electron chi connectivity index (χ0n) is 22.4. The molecule has 0 aliphatic carbocycles. The van der Waals surface area contributed by atoms with E-state index in [1.165, 1.54) is 0 Å². The Morgan fingerprint density at radius 1 is 0.842 bits per heavy atom. The minimum atomic E-state index is -0.186. The largest absolute Gasteiger partial charge is 0.497 e. The van der Waals surface area contributed by atoms with Crippen molar-refractivity contribution in [1.82, 2.24) is 4.90 Å². The fourth-order valence-electron chi connectivity index (χ4n) is 4.27. The molecule has 8 heteroatoms. The van der Waals surface area contributed by atoms with Crippen molar-refractivity contribution < 1.29 is 23.8 Å². The van der Waals surface area contributed by atoms with Gasteiger partial charge in [0.05, 0.1) is 20.3 Å². The van der Waals surface area contributed by atoms with Gasteiger partial charge in [0.2, 0.25) is 0 Å². The molecular formula is C30H35N3O5. The number of amides is 2. The Hall–Kier alpha value is -4.20. The van der Waals surface area contributed by atoms with Gasteiger partial charge in [-0.3, -0.25) is 9.59 Å². The summed E-state index contributed by atoms with van der Waals surface area (Å²) in [5.74, 6) is 1.63. The first-order valence-electron chi connectivity index (χ1n) is 12.9. The Morgan fingerprint density at radius 2 is 1.47 bits per heavy atom. The molecule has 1 aliphatic rings. The van der Waals surface area contributed by atoms with Crippen molar-refractivity contribution in [1.29, 1.82) is 0 Å². The van der Waals surface area contributed by atoms with Crippen molar-refractivity contribution in [2.24, 2.45) is 0 Å². The lowest BCUT2D eigenvalue weighted by atomic mass is 10.1. The molecule has 200 valence electrons. The maximum atomic E-state index is 13.1. The molecule has 1 saturated heterocycles. The summed E-state index contributed by atoms with van der Waals surface area (Å²) in [5, 5.41) is 2.96. The second-order valence-corrected chi connectivity index (χ2v) is 9.25. The van der Waals surface area contributed by atoms with Gasteiger partial charge in [-0.05, 0) is 67.9 Å². The van der Waals surface area contributed by atoms with E-state index < -0.39 is 0 Å². The monoisotopic (exact) mass is 517 g/mol. The molecule has 1 aliphatic heterocycles. The molecule has 1 unspecified atom stereocenters. The number of nitrogens with one attached hydrogen (secondary N) is 1. The molecule has 0 radical (unpaired) electrons. The second-order valence-electron chi connectivity index (χ2n) is 9.25. The summed E-state index contributed by atoms with van der Waals surface area (Å²) < 4.78 is 16.4. The van der Waals surface area contributed by atoms with Crippen LogP contribution in [0, 0.1) is 0 Å². The fraction of sp³-hybridized carbons (Fsp3) is 0.333. The fourth-order valence-corrected chi connectivity index (χ4v) is 4.27. The van der Waals surface area contributed by atoms with E-state index in [2.05, 4.69) is 17.1 Å². The van der Waals surface area contributed by atoms with Crippen LogP contribution in [0.4, 0.5) is 11.4 Å². The molecule has 1 N–H and O–H groups in total. The third-order valence-electron chi connectivity index (χ3n) is 6.66. The first-order valence-corrected chi connectivity index (χ1v) is 12.9. The number of nitrogens with zero attached hydrogens (tertiary/aromatic N) is 2. The molecule has 3 aromatic carbocycles. The van der Waals surface area contributed by atoms with Crippen LogP contribution < -0.4 is 24.4 Å². The highest BCUT2D eigenvalue weighted by Gasteiger charge is 2.23. The first-order chi connectivity index (χ1) is 18.4. The van der Waals surface area contributed by atoms with Crippen LogP contribution in [0.5, 0.6) is 17.2 Å². The Bertz CT molecular complexity index is 1230. The number of hydrogen-bond donors (Lipinski definition) is 1. The van der Waals surface area contributed by atoms with Crippen LogP contribution in [0.3, 0.4) is 0 Å². The SMILES string of the molecule is CCC(C)Oc1cccc(C(=O)Nc2ccc(N3CCN(C(=O)c4cc(OC)cc(OC)c4)CC3)cc2)c1. The number of methoxy groups -OCH3 is 2. The van der Waals surface area contributed by atoms with Crippen LogP contribution in [0.15, 0.2) is 66.7 Å². The molecule has 0 saturated carbocycles. The highest BCUT2D eigenvalue weighted by Crippen LogP contribution is 2.25. The molecular weight excluding hydrogens is 482 g/mol. The van der Waals surface area contributed by atoms with E-state index in [1.54, 1.807) is 44.6 Å². The molecule has 2 amide bonds. The van der Waals surface area contributed by atoms with Crippen LogP contribution in [0.1, 0.15) is 41.0 Å². The minimum absolute atomic E-state index is 0.0430. The van der Waals surface area contributed by atoms with Crippen molar-refractivity contribution in [3.05, 3.63) is 77.9 Å². The van der Waals surface area contributed by atoms with E-state index in [-0.39, 0.29) is 17.9 Å². The van der Waals surface area contributed by atoms with Crippen LogP contribution in [-0.2, 0) is 0 Å². The zero-order valence-corrected chi connectivity index (χ0v) is 22.4. The lowest BCUT2D eigenvalue weighted by molar-refractivity contribution is 0.0746. The minimum Gasteiger partial charge on any atom is -0.497 e. The number of rotatable bonds is 9. The van der Waals surface area contributed by atoms with Gasteiger partial charge >= 0.3 is 0 Å². The number of hydrogen-bond acceptors (Lipinski definition) is 6. The summed E-state index contributed by atoms with van der Waals surface area (Å²) in [6.07, 6.45) is 0.984. The van der Waals surface area contributed by atoms with Crippen molar-refractivity contribution in [3.8, 4) is 17.2 Å². The number of benzene rings is 3. The van der Waals surface area contributed by atoms with Crippen molar-refractivity contribution in [3.63, 3.8) is 0 Å². The third-order valence-corrected chi connectivity index (χ3v) is 6.66. The van der Waals surface area contributed by atoms with E-state index >= 15 is 0 Å². The summed E-state index contributed by atoms with van der Waals surface area (Å²) in [6, 6.07) is 20.2. The summed E-state index contributed by atoms with van der Waals surface area (Å²) in [5.41, 5.74) is 2.85. The van der Waals surface area contributed by atoms with Crippen LogP contribution >= 0.6 is 0 Å². The van der Waals surface area contributed by atoms with Gasteiger partial charge < -0.3 is 29.3 Å². The van der Waals surface area contributed by atoms with Crippen molar-refractivity contribution >= 4 is 23.2 Å². The molecule has 1 heterocycles. The maximum absolute atomic E-state index is 13.1. The van der Waals surface area contributed by atoms with Gasteiger partial charge in [-0.15, -0.1) is 0 Å². The highest BCUT2D eigenvalue weighted by atomic mass is 16.5. The molecule has 38 heavy (non-hydrogen) atoms. The van der Waals surface area contributed by atoms with Gasteiger partial charge in [0.25, 0.3) is 11.8 Å². The highest BCUT2D eigenvalue weighted by molar-refractivity contribution is 6.04. The Labute approximate surface area is 224 Å². The molecule has 1 atom stereocenters. The standard InChI is InChI=1S/C30H35N3O5/c1-5-21(2)38-26-8-6-7-22(17-26)29(34)31-24-9-11-25(12-10-24)32-13-15-33(16-14-32)30(35)23-18-27(36-3)20-28(19-23)37-4/h6-12,17-21H,5,13-16H2,1-4H3,(H,31,34). The Balaban J connectivity index is 1.33. The number of piperazine rings is 1. The van der Waals surface area contributed by atoms with E-state index in [4.69, 9.17) is 14.2 Å². The average Bonchev–Trinajstić information content (AvgIpc) is 2.97. The average molecular weight is 518 g/mol. The third kappa shape index (κ3) is 6.56. The van der Waals surface area contributed by atoms with E-state index in [1.807, 2.05) is 48.2 Å². The summed E-state index contributed by atoms with van der Waals surface area (Å²) in [4.78, 5) is 29.9. The second kappa shape index (κ2) is 12.4. The number of carbonyl (C=O) groups is 2. The topological polar surface area (TPSA) is 80.3 Å². The van der Waals surface area contributed by atoms with Gasteiger partial charge in [0, 0.05) is 54.7 Å². The molecule has 8 nitrogen and oxygen atoms in total. The van der Waals surface area contributed by atoms with Gasteiger partial charge in [-0.25, -0.2) is 0 Å². The molecule has 0 bridgehead atoms. The Morgan fingerprint density at radius 3 is 2.08 bits per heavy atom. The van der Waals surface area contributed by atoms with Crippen molar-refractivity contribution in [2.45, 2.75) is 26.4 Å². The summed E-state index contributed by atoms with van der Waals surface area (Å²) in [7, 11) is 3.14. The van der Waals surface area contributed by atoms with E-state index in [9.17, 15) is 9.59 Å². The molecule has 0 spiro atoms. The van der Waals surface area contributed by atoms with E-state index in [0.29, 0.717) is 60.2 Å². The summed E-state index contributed by atoms with van der Waals surface area (Å²) in [6.45, 7) is 6.69. The van der Waals surface area contributed by atoms with Gasteiger partial charge in [0.15, 0.2) is 0 Å². The van der Waals surface area contributed by atoms with E-state index in [0.717, 1.165) is 12.1 Å². The number of carbonyl (C=O) groups excluding carboxylic acids is 2. The summed E-state index contributed by atoms with van der Waals surface area (Å²) >= 11 is 0. The lowest BCUT2D eigenvalue weighted by Gasteiger charge is -2.36. The molecule has 1 fully saturated rings. The van der Waals surface area contributed by atoms with Crippen molar-refractivity contribution in [2.75, 3.05) is 50.6 Å². The van der Waals surface area contributed by atoms with Gasteiger partial charge in [-0.2, -0.15) is 0 Å². The van der Waals surface area contributed by atoms with Crippen LogP contribution in [0.2, 0.25) is 0 Å². The van der Waals surface area contributed by atoms with Gasteiger partial charge in [0.1, 0.15) is 17.2 Å².